The summed E-state index contributed by atoms with van der Waals surface area (Å²) in [6.07, 6.45) is 1.89. The molecule has 33 heavy (non-hydrogen) atoms. The zero-order valence-electron chi connectivity index (χ0n) is 18.1. The summed E-state index contributed by atoms with van der Waals surface area (Å²) in [6.45, 7) is 3.88. The minimum atomic E-state index is -0.270. The van der Waals surface area contributed by atoms with E-state index >= 15 is 0 Å². The third-order valence-corrected chi connectivity index (χ3v) is 5.34. The summed E-state index contributed by atoms with van der Waals surface area (Å²) >= 11 is 0. The summed E-state index contributed by atoms with van der Waals surface area (Å²) in [5, 5.41) is 7.29. The number of H-pyrrole nitrogens is 1. The molecule has 0 bridgehead atoms. The van der Waals surface area contributed by atoms with Gasteiger partial charge in [0, 0.05) is 24.0 Å². The Morgan fingerprint density at radius 2 is 1.94 bits per heavy atom. The first-order valence-corrected chi connectivity index (χ1v) is 10.5. The number of imidazole rings is 1. The first-order chi connectivity index (χ1) is 16.0. The first kappa shape index (κ1) is 20.6. The molecule has 2 aromatic carbocycles. The second-order valence-electron chi connectivity index (χ2n) is 7.88. The molecule has 0 atom stereocenters. The molecule has 8 heteroatoms. The number of carbonyl (C=O) groups is 1. The van der Waals surface area contributed by atoms with Crippen LogP contribution in [0.1, 0.15) is 33.1 Å². The molecule has 0 fully saturated rings. The summed E-state index contributed by atoms with van der Waals surface area (Å²) < 4.78 is 15.7. The minimum absolute atomic E-state index is 0.261. The number of aryl methyl sites for hydroxylation is 2. The number of nitrogens with zero attached hydrogens (tertiary/aromatic N) is 4. The van der Waals surface area contributed by atoms with Gasteiger partial charge in [0.05, 0.1) is 22.3 Å². The number of benzene rings is 2. The highest BCUT2D eigenvalue weighted by Gasteiger charge is 2.11. The lowest BCUT2D eigenvalue weighted by atomic mass is 10.1. The van der Waals surface area contributed by atoms with Gasteiger partial charge in [-0.25, -0.2) is 19.0 Å². The predicted octanol–water partition coefficient (Wildman–Crippen LogP) is 4.74. The van der Waals surface area contributed by atoms with Crippen molar-refractivity contribution in [3.05, 3.63) is 101 Å². The highest BCUT2D eigenvalue weighted by molar-refractivity contribution is 6.04. The zero-order chi connectivity index (χ0) is 22.9. The van der Waals surface area contributed by atoms with Gasteiger partial charge < -0.3 is 10.3 Å². The van der Waals surface area contributed by atoms with E-state index in [4.69, 9.17) is 0 Å². The number of aromatic amines is 1. The maximum Gasteiger partial charge on any atom is 0.257 e. The Hall–Kier alpha value is -4.33. The van der Waals surface area contributed by atoms with Crippen LogP contribution in [0.4, 0.5) is 10.1 Å². The number of aromatic nitrogens is 5. The van der Waals surface area contributed by atoms with Gasteiger partial charge in [-0.2, -0.15) is 5.10 Å². The Bertz CT molecular complexity index is 1470. The molecular formula is C25H21FN6O. The minimum Gasteiger partial charge on any atom is -0.342 e. The van der Waals surface area contributed by atoms with E-state index in [1.165, 1.54) is 12.3 Å². The monoisotopic (exact) mass is 440 g/mol. The Kier molecular flexibility index (Phi) is 5.18. The number of nitrogens with one attached hydrogen (secondary N) is 2. The SMILES string of the molecule is Cc1cc(C)n(-c2ccc(C(=O)Nc3ccc4nc(Cc5ccccc5F)[nH]c4c3)cn2)n1. The van der Waals surface area contributed by atoms with Crippen LogP contribution in [0.3, 0.4) is 0 Å². The maximum absolute atomic E-state index is 13.9. The van der Waals surface area contributed by atoms with Gasteiger partial charge in [0.2, 0.25) is 0 Å². The molecule has 3 aromatic heterocycles. The van der Waals surface area contributed by atoms with E-state index < -0.39 is 0 Å². The molecule has 0 spiro atoms. The average Bonchev–Trinajstić information content (AvgIpc) is 3.36. The topological polar surface area (TPSA) is 88.5 Å². The number of fused-ring (bicyclic) bond motifs is 1. The summed E-state index contributed by atoms with van der Waals surface area (Å²) in [5.41, 5.74) is 5.01. The fraction of sp³-hybridized carbons (Fsp3) is 0.120. The molecule has 0 aliphatic heterocycles. The molecule has 2 N–H and O–H groups in total. The fourth-order valence-electron chi connectivity index (χ4n) is 3.76. The van der Waals surface area contributed by atoms with Crippen LogP contribution < -0.4 is 5.32 Å². The van der Waals surface area contributed by atoms with Crippen molar-refractivity contribution in [3.8, 4) is 5.82 Å². The molecule has 7 nitrogen and oxygen atoms in total. The fourth-order valence-corrected chi connectivity index (χ4v) is 3.76. The van der Waals surface area contributed by atoms with Crippen LogP contribution in [0.15, 0.2) is 66.9 Å². The van der Waals surface area contributed by atoms with E-state index in [0.717, 1.165) is 22.4 Å². The number of hydrogen-bond donors (Lipinski definition) is 2. The third-order valence-electron chi connectivity index (χ3n) is 5.34. The van der Waals surface area contributed by atoms with Gasteiger partial charge in [0.25, 0.3) is 5.91 Å². The van der Waals surface area contributed by atoms with Crippen molar-refractivity contribution in [1.29, 1.82) is 0 Å². The quantitative estimate of drug-likeness (QED) is 0.413. The van der Waals surface area contributed by atoms with Gasteiger partial charge in [0.15, 0.2) is 5.82 Å². The van der Waals surface area contributed by atoms with E-state index in [2.05, 4.69) is 25.4 Å². The molecule has 5 rings (SSSR count). The summed E-state index contributed by atoms with van der Waals surface area (Å²) in [4.78, 5) is 24.8. The lowest BCUT2D eigenvalue weighted by molar-refractivity contribution is 0.102. The second-order valence-corrected chi connectivity index (χ2v) is 7.88. The Balaban J connectivity index is 1.32. The molecule has 0 aliphatic rings. The van der Waals surface area contributed by atoms with Crippen molar-refractivity contribution in [1.82, 2.24) is 24.7 Å². The lowest BCUT2D eigenvalue weighted by Crippen LogP contribution is -2.13. The smallest absolute Gasteiger partial charge is 0.257 e. The van der Waals surface area contributed by atoms with Gasteiger partial charge in [0.1, 0.15) is 11.6 Å². The van der Waals surface area contributed by atoms with E-state index in [-0.39, 0.29) is 11.7 Å². The number of rotatable bonds is 5. The Morgan fingerprint density at radius 1 is 1.09 bits per heavy atom. The highest BCUT2D eigenvalue weighted by atomic mass is 19.1. The number of pyridine rings is 1. The zero-order valence-corrected chi connectivity index (χ0v) is 18.1. The van der Waals surface area contributed by atoms with E-state index in [0.29, 0.717) is 34.9 Å². The molecule has 0 saturated heterocycles. The highest BCUT2D eigenvalue weighted by Crippen LogP contribution is 2.20. The van der Waals surface area contributed by atoms with Gasteiger partial charge in [-0.15, -0.1) is 0 Å². The van der Waals surface area contributed by atoms with Gasteiger partial charge in [-0.1, -0.05) is 18.2 Å². The molecular weight excluding hydrogens is 419 g/mol. The molecule has 5 aromatic rings. The van der Waals surface area contributed by atoms with Crippen molar-refractivity contribution in [2.45, 2.75) is 20.3 Å². The van der Waals surface area contributed by atoms with Crippen molar-refractivity contribution >= 4 is 22.6 Å². The van der Waals surface area contributed by atoms with Crippen molar-refractivity contribution in [2.24, 2.45) is 0 Å². The lowest BCUT2D eigenvalue weighted by Gasteiger charge is -2.07. The van der Waals surface area contributed by atoms with E-state index in [9.17, 15) is 9.18 Å². The second kappa shape index (κ2) is 8.31. The van der Waals surface area contributed by atoms with Crippen molar-refractivity contribution in [3.63, 3.8) is 0 Å². The Morgan fingerprint density at radius 3 is 2.67 bits per heavy atom. The largest absolute Gasteiger partial charge is 0.342 e. The van der Waals surface area contributed by atoms with Crippen LogP contribution in [0.25, 0.3) is 16.9 Å². The average molecular weight is 440 g/mol. The van der Waals surface area contributed by atoms with E-state index in [1.807, 2.05) is 32.0 Å². The number of carbonyl (C=O) groups excluding carboxylic acids is 1. The van der Waals surface area contributed by atoms with E-state index in [1.54, 1.807) is 41.1 Å². The van der Waals surface area contributed by atoms with Crippen LogP contribution in [-0.2, 0) is 6.42 Å². The predicted molar refractivity (Wildman–Crippen MR) is 124 cm³/mol. The van der Waals surface area contributed by atoms with Crippen molar-refractivity contribution < 1.29 is 9.18 Å². The van der Waals surface area contributed by atoms with Crippen LogP contribution in [0, 0.1) is 19.7 Å². The van der Waals surface area contributed by atoms with Gasteiger partial charge in [-0.05, 0) is 61.9 Å². The first-order valence-electron chi connectivity index (χ1n) is 10.5. The molecule has 164 valence electrons. The van der Waals surface area contributed by atoms with Gasteiger partial charge in [-0.3, -0.25) is 4.79 Å². The number of halogens is 1. The van der Waals surface area contributed by atoms with Crippen LogP contribution >= 0.6 is 0 Å². The van der Waals surface area contributed by atoms with Crippen molar-refractivity contribution in [2.75, 3.05) is 5.32 Å². The summed E-state index contributed by atoms with van der Waals surface area (Å²) in [6, 6.07) is 17.5. The summed E-state index contributed by atoms with van der Waals surface area (Å²) in [5.74, 6) is 0.775. The third kappa shape index (κ3) is 4.23. The molecule has 0 aliphatic carbocycles. The number of amides is 1. The molecule has 0 unspecified atom stereocenters. The van der Waals surface area contributed by atoms with Crippen LogP contribution in [-0.4, -0.2) is 30.6 Å². The number of hydrogen-bond acceptors (Lipinski definition) is 4. The van der Waals surface area contributed by atoms with Crippen LogP contribution in [0.2, 0.25) is 0 Å². The van der Waals surface area contributed by atoms with Gasteiger partial charge >= 0.3 is 0 Å². The normalized spacial score (nSPS) is 11.1. The molecule has 0 radical (unpaired) electrons. The summed E-state index contributed by atoms with van der Waals surface area (Å²) in [7, 11) is 0. The standard InChI is InChI=1S/C25H21FN6O/c1-15-11-16(2)32(31-15)24-10-7-18(14-27-24)25(33)28-19-8-9-21-22(13-19)30-23(29-21)12-17-5-3-4-6-20(17)26/h3-11,13-14H,12H2,1-2H3,(H,28,33)(H,29,30). The molecule has 0 saturated carbocycles. The maximum atomic E-state index is 13.9. The molecule has 3 heterocycles. The Labute approximate surface area is 189 Å². The number of anilines is 1. The van der Waals surface area contributed by atoms with Crippen LogP contribution in [0.5, 0.6) is 0 Å². The molecule has 1 amide bonds.